The Morgan fingerprint density at radius 1 is 1.26 bits per heavy atom. The number of aliphatic hydroxyl groups excluding tert-OH is 1. The number of carbonyl (C=O) groups excluding carboxylic acids is 2. The summed E-state index contributed by atoms with van der Waals surface area (Å²) >= 11 is 0. The van der Waals surface area contributed by atoms with Crippen LogP contribution in [0.5, 0.6) is 0 Å². The number of hydrogen-bond donors (Lipinski definition) is 2. The number of nitrogens with one attached hydrogen (secondary N) is 1. The van der Waals surface area contributed by atoms with Gasteiger partial charge in [0, 0.05) is 42.8 Å². The minimum absolute atomic E-state index is 0.0256. The summed E-state index contributed by atoms with van der Waals surface area (Å²) in [7, 11) is 0. The van der Waals surface area contributed by atoms with Crippen molar-refractivity contribution in [2.24, 2.45) is 17.8 Å². The molecule has 4 atom stereocenters. The number of fused-ring (bicyclic) bond motifs is 4. The Morgan fingerprint density at radius 2 is 2.00 bits per heavy atom. The molecule has 31 heavy (non-hydrogen) atoms. The summed E-state index contributed by atoms with van der Waals surface area (Å²) in [6, 6.07) is 2.78. The zero-order valence-electron chi connectivity index (χ0n) is 18.4. The third-order valence-electron chi connectivity index (χ3n) is 7.23. The number of allylic oxidation sites excluding steroid dienone is 1. The largest absolute Gasteiger partial charge is 0.396 e. The number of aromatic nitrogens is 1. The molecule has 2 fully saturated rings. The lowest BCUT2D eigenvalue weighted by molar-refractivity contribution is -0.141. The second-order valence-corrected chi connectivity index (χ2v) is 9.03. The van der Waals surface area contributed by atoms with Crippen molar-refractivity contribution >= 4 is 17.9 Å². The van der Waals surface area contributed by atoms with Gasteiger partial charge >= 0.3 is 0 Å². The molecule has 168 valence electrons. The van der Waals surface area contributed by atoms with Gasteiger partial charge in [0.05, 0.1) is 18.0 Å². The summed E-state index contributed by atoms with van der Waals surface area (Å²) in [5.41, 5.74) is 1.19. The molecule has 1 saturated heterocycles. The molecule has 1 saturated carbocycles. The predicted molar refractivity (Wildman–Crippen MR) is 118 cm³/mol. The average Bonchev–Trinajstić information content (AvgIpc) is 3.38. The summed E-state index contributed by atoms with van der Waals surface area (Å²) in [4.78, 5) is 41.8. The molecule has 0 radical (unpaired) electrons. The van der Waals surface area contributed by atoms with E-state index in [1.54, 1.807) is 16.7 Å². The van der Waals surface area contributed by atoms with Crippen LogP contribution in [-0.2, 0) is 16.1 Å². The highest BCUT2D eigenvalue weighted by atomic mass is 16.3. The van der Waals surface area contributed by atoms with Crippen LogP contribution in [0.4, 0.5) is 0 Å². The Bertz CT molecular complexity index is 931. The smallest absolute Gasteiger partial charge is 0.258 e. The second kappa shape index (κ2) is 8.99. The summed E-state index contributed by atoms with van der Waals surface area (Å²) in [5.74, 6) is -1.05. The van der Waals surface area contributed by atoms with Crippen molar-refractivity contribution in [3.8, 4) is 0 Å². The zero-order chi connectivity index (χ0) is 22.1. The van der Waals surface area contributed by atoms with E-state index in [1.807, 2.05) is 30.9 Å². The number of aliphatic hydroxyl groups is 1. The lowest BCUT2D eigenvalue weighted by Gasteiger charge is -2.39. The first-order valence-electron chi connectivity index (χ1n) is 11.6. The monoisotopic (exact) mass is 427 g/mol. The lowest BCUT2D eigenvalue weighted by Crippen LogP contribution is -2.50. The van der Waals surface area contributed by atoms with Crippen molar-refractivity contribution in [2.75, 3.05) is 13.2 Å². The molecule has 3 aliphatic rings. The quantitative estimate of drug-likeness (QED) is 0.727. The van der Waals surface area contributed by atoms with Gasteiger partial charge in [-0.05, 0) is 38.3 Å². The Hall–Kier alpha value is -2.41. The van der Waals surface area contributed by atoms with Crippen LogP contribution in [0.1, 0.15) is 63.3 Å². The zero-order valence-corrected chi connectivity index (χ0v) is 18.4. The average molecular weight is 428 g/mol. The molecule has 2 bridgehead atoms. The summed E-state index contributed by atoms with van der Waals surface area (Å²) in [6.45, 7) is 4.53. The molecule has 0 spiro atoms. The highest BCUT2D eigenvalue weighted by Gasteiger charge is 2.58. The molecule has 1 aromatic heterocycles. The molecular formula is C24H33N3O4. The van der Waals surface area contributed by atoms with E-state index >= 15 is 0 Å². The second-order valence-electron chi connectivity index (χ2n) is 9.03. The van der Waals surface area contributed by atoms with Gasteiger partial charge < -0.3 is 19.9 Å². The lowest BCUT2D eigenvalue weighted by atomic mass is 9.86. The van der Waals surface area contributed by atoms with Crippen LogP contribution in [0, 0.1) is 17.8 Å². The minimum atomic E-state index is -0.562. The summed E-state index contributed by atoms with van der Waals surface area (Å²) < 4.78 is 1.72. The van der Waals surface area contributed by atoms with Crippen molar-refractivity contribution in [1.82, 2.24) is 14.8 Å². The molecule has 2 aliphatic heterocycles. The van der Waals surface area contributed by atoms with E-state index in [1.165, 1.54) is 0 Å². The maximum atomic E-state index is 13.6. The van der Waals surface area contributed by atoms with Gasteiger partial charge in [0.2, 0.25) is 11.8 Å². The fraction of sp³-hybridized carbons (Fsp3) is 0.625. The van der Waals surface area contributed by atoms with Gasteiger partial charge in [-0.1, -0.05) is 31.9 Å². The first-order chi connectivity index (χ1) is 15.0. The Morgan fingerprint density at radius 3 is 2.65 bits per heavy atom. The first-order valence-corrected chi connectivity index (χ1v) is 11.6. The van der Waals surface area contributed by atoms with Gasteiger partial charge in [0.1, 0.15) is 0 Å². The van der Waals surface area contributed by atoms with Gasteiger partial charge in [-0.15, -0.1) is 0 Å². The molecule has 0 aromatic carbocycles. The van der Waals surface area contributed by atoms with Crippen molar-refractivity contribution in [3.63, 3.8) is 0 Å². The highest BCUT2D eigenvalue weighted by molar-refractivity contribution is 5.85. The Labute approximate surface area is 183 Å². The SMILES string of the molecule is C/C=C/c1ccc2n(c1=O)C[C@@H]1[C@@H](CO)[C@H](C(=O)NCCC)[C@H]2N1C(=O)C1CCCC1. The highest BCUT2D eigenvalue weighted by Crippen LogP contribution is 2.49. The van der Waals surface area contributed by atoms with Gasteiger partial charge in [0.25, 0.3) is 5.56 Å². The fourth-order valence-corrected chi connectivity index (χ4v) is 5.78. The first kappa shape index (κ1) is 21.8. The molecule has 7 heteroatoms. The molecule has 1 aromatic rings. The third kappa shape index (κ3) is 3.63. The van der Waals surface area contributed by atoms with Crippen LogP contribution in [0.3, 0.4) is 0 Å². The topological polar surface area (TPSA) is 91.6 Å². The third-order valence-corrected chi connectivity index (χ3v) is 7.23. The molecule has 0 unspecified atom stereocenters. The van der Waals surface area contributed by atoms with Crippen LogP contribution < -0.4 is 10.9 Å². The Kier molecular flexibility index (Phi) is 6.32. The van der Waals surface area contributed by atoms with E-state index in [2.05, 4.69) is 5.32 Å². The molecule has 1 aliphatic carbocycles. The number of rotatable bonds is 6. The molecule has 3 heterocycles. The van der Waals surface area contributed by atoms with Gasteiger partial charge in [-0.2, -0.15) is 0 Å². The van der Waals surface area contributed by atoms with E-state index in [9.17, 15) is 19.5 Å². The number of pyridine rings is 1. The summed E-state index contributed by atoms with van der Waals surface area (Å²) in [5, 5.41) is 13.3. The van der Waals surface area contributed by atoms with Gasteiger partial charge in [-0.25, -0.2) is 0 Å². The van der Waals surface area contributed by atoms with Crippen LogP contribution in [0.15, 0.2) is 23.0 Å². The van der Waals surface area contributed by atoms with Crippen LogP contribution >= 0.6 is 0 Å². The minimum Gasteiger partial charge on any atom is -0.396 e. The van der Waals surface area contributed by atoms with Crippen molar-refractivity contribution in [1.29, 1.82) is 0 Å². The number of amides is 2. The van der Waals surface area contributed by atoms with Crippen LogP contribution in [0.25, 0.3) is 6.08 Å². The predicted octanol–water partition coefficient (Wildman–Crippen LogP) is 2.09. The fourth-order valence-electron chi connectivity index (χ4n) is 5.78. The van der Waals surface area contributed by atoms with E-state index in [4.69, 9.17) is 0 Å². The maximum Gasteiger partial charge on any atom is 0.258 e. The number of hydrogen-bond acceptors (Lipinski definition) is 4. The van der Waals surface area contributed by atoms with Crippen LogP contribution in [0.2, 0.25) is 0 Å². The standard InChI is InChI=1S/C24H33N3O4/c1-3-7-15-10-11-18-21-20(22(29)25-12-4-2)17(14-28)19(13-26(18)23(15)30)27(21)24(31)16-8-5-6-9-16/h3,7,10-11,16-17,19-21,28H,4-6,8-9,12-14H2,1-2H3,(H,25,29)/b7-3+/t17-,19-,20+,21+/m1/s1. The summed E-state index contributed by atoms with van der Waals surface area (Å²) in [6.07, 6.45) is 8.26. The molecule has 2 amide bonds. The van der Waals surface area contributed by atoms with E-state index in [-0.39, 0.29) is 35.9 Å². The van der Waals surface area contributed by atoms with Gasteiger partial charge in [0.15, 0.2) is 0 Å². The van der Waals surface area contributed by atoms with E-state index in [0.29, 0.717) is 24.3 Å². The van der Waals surface area contributed by atoms with Crippen molar-refractivity contribution in [2.45, 2.75) is 64.6 Å². The van der Waals surface area contributed by atoms with E-state index in [0.717, 1.165) is 32.1 Å². The molecule has 2 N–H and O–H groups in total. The van der Waals surface area contributed by atoms with Crippen molar-refractivity contribution in [3.05, 3.63) is 39.8 Å². The number of carbonyl (C=O) groups is 2. The van der Waals surface area contributed by atoms with Crippen LogP contribution in [-0.4, -0.2) is 45.6 Å². The Balaban J connectivity index is 1.82. The van der Waals surface area contributed by atoms with Gasteiger partial charge in [-0.3, -0.25) is 14.4 Å². The maximum absolute atomic E-state index is 13.6. The van der Waals surface area contributed by atoms with Crippen molar-refractivity contribution < 1.29 is 14.7 Å². The number of nitrogens with zero attached hydrogens (tertiary/aromatic N) is 2. The molecular weight excluding hydrogens is 394 g/mol. The molecule has 7 nitrogen and oxygen atoms in total. The molecule has 4 rings (SSSR count). The normalized spacial score (nSPS) is 27.6. The van der Waals surface area contributed by atoms with E-state index < -0.39 is 17.9 Å².